The Morgan fingerprint density at radius 3 is 2.68 bits per heavy atom. The fraction of sp³-hybridized carbons (Fsp3) is 0.529. The number of carboxylic acids is 1. The fourth-order valence-electron chi connectivity index (χ4n) is 2.82. The Kier molecular flexibility index (Phi) is 4.44. The SMILES string of the molecule is CC(NC(=O)C(C)(C)CN1c2ccccc2CC1C)C(=O)O. The van der Waals surface area contributed by atoms with Crippen LogP contribution in [-0.2, 0) is 16.0 Å². The second kappa shape index (κ2) is 5.99. The minimum absolute atomic E-state index is 0.237. The predicted octanol–water partition coefficient (Wildman–Crippen LogP) is 2.05. The highest BCUT2D eigenvalue weighted by molar-refractivity contribution is 5.87. The summed E-state index contributed by atoms with van der Waals surface area (Å²) < 4.78 is 0. The summed E-state index contributed by atoms with van der Waals surface area (Å²) in [6.07, 6.45) is 0.972. The van der Waals surface area contributed by atoms with Crippen molar-refractivity contribution in [3.05, 3.63) is 29.8 Å². The maximum atomic E-state index is 12.4. The number of benzene rings is 1. The zero-order valence-electron chi connectivity index (χ0n) is 13.6. The molecule has 1 aliphatic heterocycles. The van der Waals surface area contributed by atoms with Crippen molar-refractivity contribution in [3.63, 3.8) is 0 Å². The monoisotopic (exact) mass is 304 g/mol. The molecule has 2 N–H and O–H groups in total. The summed E-state index contributed by atoms with van der Waals surface area (Å²) in [5.74, 6) is -1.26. The molecule has 0 saturated carbocycles. The second-order valence-corrected chi connectivity index (χ2v) is 6.73. The molecule has 2 rings (SSSR count). The molecule has 5 heteroatoms. The first-order valence-corrected chi connectivity index (χ1v) is 7.60. The van der Waals surface area contributed by atoms with Gasteiger partial charge in [0.2, 0.25) is 5.91 Å². The molecule has 0 radical (unpaired) electrons. The second-order valence-electron chi connectivity index (χ2n) is 6.73. The number of carbonyl (C=O) groups excluding carboxylic acids is 1. The summed E-state index contributed by atoms with van der Waals surface area (Å²) in [7, 11) is 0. The summed E-state index contributed by atoms with van der Waals surface area (Å²) in [5, 5.41) is 11.5. The number of hydrogen-bond acceptors (Lipinski definition) is 3. The molecule has 1 aliphatic rings. The minimum atomic E-state index is -1.02. The van der Waals surface area contributed by atoms with Crippen LogP contribution in [0.15, 0.2) is 24.3 Å². The van der Waals surface area contributed by atoms with Crippen molar-refractivity contribution in [1.29, 1.82) is 0 Å². The Morgan fingerprint density at radius 1 is 1.41 bits per heavy atom. The van der Waals surface area contributed by atoms with Crippen LogP contribution in [0.1, 0.15) is 33.3 Å². The lowest BCUT2D eigenvalue weighted by atomic mass is 9.90. The summed E-state index contributed by atoms with van der Waals surface area (Å²) in [5.41, 5.74) is 1.79. The van der Waals surface area contributed by atoms with E-state index in [4.69, 9.17) is 5.11 Å². The van der Waals surface area contributed by atoms with Gasteiger partial charge in [-0.05, 0) is 45.7 Å². The van der Waals surface area contributed by atoms with Gasteiger partial charge in [-0.3, -0.25) is 9.59 Å². The van der Waals surface area contributed by atoms with Gasteiger partial charge in [-0.1, -0.05) is 18.2 Å². The molecule has 0 aromatic heterocycles. The van der Waals surface area contributed by atoms with Gasteiger partial charge in [-0.15, -0.1) is 0 Å². The van der Waals surface area contributed by atoms with Crippen LogP contribution >= 0.6 is 0 Å². The Balaban J connectivity index is 2.11. The highest BCUT2D eigenvalue weighted by Crippen LogP contribution is 2.34. The Bertz CT molecular complexity index is 583. The van der Waals surface area contributed by atoms with E-state index in [1.807, 2.05) is 26.0 Å². The van der Waals surface area contributed by atoms with Crippen molar-refractivity contribution in [2.24, 2.45) is 5.41 Å². The van der Waals surface area contributed by atoms with Crippen molar-refractivity contribution < 1.29 is 14.7 Å². The first kappa shape index (κ1) is 16.3. The number of anilines is 1. The van der Waals surface area contributed by atoms with Crippen molar-refractivity contribution >= 4 is 17.6 Å². The van der Waals surface area contributed by atoms with E-state index in [2.05, 4.69) is 29.3 Å². The van der Waals surface area contributed by atoms with Crippen molar-refractivity contribution in [3.8, 4) is 0 Å². The third kappa shape index (κ3) is 3.24. The number of hydrogen-bond donors (Lipinski definition) is 2. The highest BCUT2D eigenvalue weighted by atomic mass is 16.4. The van der Waals surface area contributed by atoms with E-state index in [9.17, 15) is 9.59 Å². The molecule has 0 bridgehead atoms. The molecule has 2 atom stereocenters. The number of aliphatic carboxylic acids is 1. The highest BCUT2D eigenvalue weighted by Gasteiger charge is 2.36. The van der Waals surface area contributed by atoms with Crippen molar-refractivity contribution in [1.82, 2.24) is 5.32 Å². The van der Waals surface area contributed by atoms with Crippen LogP contribution in [0, 0.1) is 5.41 Å². The standard InChI is InChI=1S/C17H24N2O3/c1-11-9-13-7-5-6-8-14(13)19(11)10-17(3,4)16(22)18-12(2)15(20)21/h5-8,11-12H,9-10H2,1-4H3,(H,18,22)(H,20,21). The molecule has 0 saturated heterocycles. The first-order valence-electron chi connectivity index (χ1n) is 7.60. The van der Waals surface area contributed by atoms with Gasteiger partial charge in [0.25, 0.3) is 0 Å². The Morgan fingerprint density at radius 2 is 2.05 bits per heavy atom. The normalized spacial score (nSPS) is 18.7. The van der Waals surface area contributed by atoms with Gasteiger partial charge in [0.1, 0.15) is 6.04 Å². The zero-order chi connectivity index (χ0) is 16.5. The van der Waals surface area contributed by atoms with Crippen LogP contribution in [0.3, 0.4) is 0 Å². The van der Waals surface area contributed by atoms with E-state index in [-0.39, 0.29) is 5.91 Å². The number of rotatable bonds is 5. The predicted molar refractivity (Wildman–Crippen MR) is 86.0 cm³/mol. The number of nitrogens with one attached hydrogen (secondary N) is 1. The van der Waals surface area contributed by atoms with Gasteiger partial charge in [-0.2, -0.15) is 0 Å². The van der Waals surface area contributed by atoms with E-state index in [0.29, 0.717) is 12.6 Å². The van der Waals surface area contributed by atoms with Crippen LogP contribution < -0.4 is 10.2 Å². The third-order valence-corrected chi connectivity index (χ3v) is 4.25. The quantitative estimate of drug-likeness (QED) is 0.873. The Hall–Kier alpha value is -2.04. The summed E-state index contributed by atoms with van der Waals surface area (Å²) >= 11 is 0. The van der Waals surface area contributed by atoms with Gasteiger partial charge >= 0.3 is 5.97 Å². The number of fused-ring (bicyclic) bond motifs is 1. The van der Waals surface area contributed by atoms with Crippen LogP contribution in [0.5, 0.6) is 0 Å². The average Bonchev–Trinajstić information content (AvgIpc) is 2.74. The van der Waals surface area contributed by atoms with E-state index < -0.39 is 17.4 Å². The third-order valence-electron chi connectivity index (χ3n) is 4.25. The van der Waals surface area contributed by atoms with Gasteiger partial charge in [0.15, 0.2) is 0 Å². The summed E-state index contributed by atoms with van der Waals surface area (Å²) in [6, 6.07) is 7.68. The maximum absolute atomic E-state index is 12.4. The number of para-hydroxylation sites is 1. The molecule has 120 valence electrons. The molecule has 0 fully saturated rings. The van der Waals surface area contributed by atoms with Crippen molar-refractivity contribution in [2.45, 2.75) is 46.2 Å². The van der Waals surface area contributed by atoms with Crippen LogP contribution in [-0.4, -0.2) is 35.6 Å². The van der Waals surface area contributed by atoms with Gasteiger partial charge in [0.05, 0.1) is 5.41 Å². The molecule has 0 spiro atoms. The zero-order valence-corrected chi connectivity index (χ0v) is 13.6. The topological polar surface area (TPSA) is 69.6 Å². The number of nitrogens with zero attached hydrogens (tertiary/aromatic N) is 1. The lowest BCUT2D eigenvalue weighted by molar-refractivity contribution is -0.142. The minimum Gasteiger partial charge on any atom is -0.480 e. The molecular formula is C17H24N2O3. The van der Waals surface area contributed by atoms with E-state index in [0.717, 1.165) is 6.42 Å². The van der Waals surface area contributed by atoms with E-state index in [1.165, 1.54) is 18.2 Å². The number of amides is 1. The molecule has 5 nitrogen and oxygen atoms in total. The first-order chi connectivity index (χ1) is 10.2. The van der Waals surface area contributed by atoms with E-state index in [1.54, 1.807) is 0 Å². The van der Waals surface area contributed by atoms with Crippen LogP contribution in [0.25, 0.3) is 0 Å². The van der Waals surface area contributed by atoms with Gasteiger partial charge in [-0.25, -0.2) is 0 Å². The number of carbonyl (C=O) groups is 2. The largest absolute Gasteiger partial charge is 0.480 e. The summed E-state index contributed by atoms with van der Waals surface area (Å²) in [6.45, 7) is 7.89. The molecule has 1 aromatic carbocycles. The van der Waals surface area contributed by atoms with E-state index >= 15 is 0 Å². The van der Waals surface area contributed by atoms with Crippen LogP contribution in [0.2, 0.25) is 0 Å². The van der Waals surface area contributed by atoms with Crippen molar-refractivity contribution in [2.75, 3.05) is 11.4 Å². The lowest BCUT2D eigenvalue weighted by Gasteiger charge is -2.34. The average molecular weight is 304 g/mol. The molecule has 1 amide bonds. The molecule has 1 aromatic rings. The number of carboxylic acid groups (broad SMARTS) is 1. The molecule has 2 unspecified atom stereocenters. The van der Waals surface area contributed by atoms with Gasteiger partial charge in [0, 0.05) is 18.3 Å². The van der Waals surface area contributed by atoms with Crippen LogP contribution in [0.4, 0.5) is 5.69 Å². The molecule has 22 heavy (non-hydrogen) atoms. The summed E-state index contributed by atoms with van der Waals surface area (Å²) in [4.78, 5) is 25.5. The molecular weight excluding hydrogens is 280 g/mol. The van der Waals surface area contributed by atoms with Gasteiger partial charge < -0.3 is 15.3 Å². The lowest BCUT2D eigenvalue weighted by Crippen LogP contribution is -2.50. The fourth-order valence-corrected chi connectivity index (χ4v) is 2.82. The maximum Gasteiger partial charge on any atom is 0.325 e. The smallest absolute Gasteiger partial charge is 0.325 e. The Labute approximate surface area is 131 Å². The molecule has 0 aliphatic carbocycles. The molecule has 1 heterocycles.